The summed E-state index contributed by atoms with van der Waals surface area (Å²) in [5.41, 5.74) is 4.54. The molecule has 2 aromatic heterocycles. The molecule has 220 valence electrons. The van der Waals surface area contributed by atoms with Crippen LogP contribution in [0.15, 0.2) is 11.1 Å². The SMILES string of the molecule is Nc1nc2c(ncn2[C@@H]2O[C@H](COP(=O)(O)OP(=O)(O)O[C@H]3O[C@@H](CO)[C@@H](O)[C@@H](O)[C@@H]3O)[C@@H](O)[C@H]2O)c(=O)[nH]1. The summed E-state index contributed by atoms with van der Waals surface area (Å²) in [4.78, 5) is 41.7. The summed E-state index contributed by atoms with van der Waals surface area (Å²) in [7, 11) is -11.1. The van der Waals surface area contributed by atoms with Crippen molar-refractivity contribution < 1.29 is 72.4 Å². The number of ether oxygens (including phenoxy) is 2. The van der Waals surface area contributed by atoms with Gasteiger partial charge in [0.1, 0.15) is 42.7 Å². The number of nitrogens with one attached hydrogen (secondary N) is 1. The molecule has 39 heavy (non-hydrogen) atoms. The Morgan fingerprint density at radius 3 is 2.33 bits per heavy atom. The lowest BCUT2D eigenvalue weighted by Crippen LogP contribution is -2.58. The van der Waals surface area contributed by atoms with Crippen LogP contribution in [-0.2, 0) is 32.0 Å². The number of hydrogen-bond acceptors (Lipinski definition) is 17. The van der Waals surface area contributed by atoms with Gasteiger partial charge < -0.3 is 55.6 Å². The van der Waals surface area contributed by atoms with Gasteiger partial charge in [-0.15, -0.1) is 0 Å². The van der Waals surface area contributed by atoms with Crippen LogP contribution in [0, 0.1) is 0 Å². The summed E-state index contributed by atoms with van der Waals surface area (Å²) in [6, 6.07) is 0. The van der Waals surface area contributed by atoms with Crippen molar-refractivity contribution in [1.29, 1.82) is 0 Å². The molecule has 2 aliphatic heterocycles. The summed E-state index contributed by atoms with van der Waals surface area (Å²) in [5.74, 6) is -0.278. The van der Waals surface area contributed by atoms with E-state index in [9.17, 15) is 49.2 Å². The number of phosphoric ester groups is 2. The Morgan fingerprint density at radius 2 is 1.67 bits per heavy atom. The zero-order chi connectivity index (χ0) is 28.9. The van der Waals surface area contributed by atoms with Gasteiger partial charge >= 0.3 is 15.6 Å². The second-order valence-electron chi connectivity index (χ2n) is 8.44. The van der Waals surface area contributed by atoms with E-state index < -0.39 is 89.7 Å². The molecule has 2 fully saturated rings. The number of aromatic amines is 1. The molecule has 0 aromatic carbocycles. The second kappa shape index (κ2) is 11.2. The zero-order valence-electron chi connectivity index (χ0n) is 19.3. The average Bonchev–Trinajstić information content (AvgIpc) is 3.38. The third-order valence-corrected chi connectivity index (χ3v) is 8.36. The van der Waals surface area contributed by atoms with E-state index in [1.807, 2.05) is 0 Å². The lowest BCUT2D eigenvalue weighted by molar-refractivity contribution is -0.280. The maximum atomic E-state index is 12.3. The van der Waals surface area contributed by atoms with Gasteiger partial charge in [0.15, 0.2) is 23.7 Å². The minimum Gasteiger partial charge on any atom is -0.394 e. The van der Waals surface area contributed by atoms with Gasteiger partial charge in [0, 0.05) is 0 Å². The fraction of sp³-hybridized carbons (Fsp3) is 0.688. The number of fused-ring (bicyclic) bond motifs is 1. The van der Waals surface area contributed by atoms with Crippen molar-refractivity contribution in [1.82, 2.24) is 19.5 Å². The van der Waals surface area contributed by atoms with Gasteiger partial charge in [-0.25, -0.2) is 14.1 Å². The van der Waals surface area contributed by atoms with Gasteiger partial charge in [0.05, 0.1) is 19.5 Å². The predicted octanol–water partition coefficient (Wildman–Crippen LogP) is -4.63. The molecule has 2 aliphatic rings. The fourth-order valence-corrected chi connectivity index (χ4v) is 6.01. The highest BCUT2D eigenvalue weighted by molar-refractivity contribution is 7.61. The van der Waals surface area contributed by atoms with Crippen molar-refractivity contribution in [2.45, 2.75) is 55.2 Å². The zero-order valence-corrected chi connectivity index (χ0v) is 21.1. The third-order valence-electron chi connectivity index (χ3n) is 5.76. The molecule has 0 amide bonds. The number of H-pyrrole nitrogens is 1. The Morgan fingerprint density at radius 1 is 1.00 bits per heavy atom. The fourth-order valence-electron chi connectivity index (χ4n) is 3.85. The Balaban J connectivity index is 1.39. The molecule has 11 atom stereocenters. The molecule has 2 aromatic rings. The molecule has 0 saturated carbocycles. The molecule has 0 radical (unpaired) electrons. The van der Waals surface area contributed by atoms with Gasteiger partial charge in [-0.05, 0) is 0 Å². The Bertz CT molecular complexity index is 1340. The molecule has 21 nitrogen and oxygen atoms in total. The summed E-state index contributed by atoms with van der Waals surface area (Å²) in [5, 5.41) is 59.2. The number of nitrogen functional groups attached to an aromatic ring is 1. The molecule has 4 heterocycles. The minimum absolute atomic E-state index is 0.114. The van der Waals surface area contributed by atoms with Crippen LogP contribution in [0.4, 0.5) is 5.95 Å². The molecule has 23 heteroatoms. The van der Waals surface area contributed by atoms with E-state index in [1.165, 1.54) is 0 Å². The van der Waals surface area contributed by atoms with Gasteiger partial charge in [-0.3, -0.25) is 23.4 Å². The van der Waals surface area contributed by atoms with Crippen LogP contribution >= 0.6 is 15.6 Å². The highest BCUT2D eigenvalue weighted by Crippen LogP contribution is 2.61. The standard InChI is InChI=1S/C16H25N5O16P2/c17-16-19-12-6(13(28)20-16)18-3-21(12)14-10(26)8(24)5(34-14)2-33-38(29,30)37-39(31,32)36-15-11(27)9(25)7(23)4(1-22)35-15/h3-5,7-11,14-15,22-27H,1-2H2,(H,29,30)(H,31,32)(H3,17,19,20,28)/t4-,5+,7+,8+,9+,10+,11-,14+,15+/m0/s1. The average molecular weight is 605 g/mol. The first-order valence-electron chi connectivity index (χ1n) is 10.9. The van der Waals surface area contributed by atoms with Crippen molar-refractivity contribution in [3.8, 4) is 0 Å². The molecule has 2 saturated heterocycles. The molecule has 2 unspecified atom stereocenters. The highest BCUT2D eigenvalue weighted by Gasteiger charge is 2.49. The van der Waals surface area contributed by atoms with Gasteiger partial charge in [0.25, 0.3) is 5.56 Å². The van der Waals surface area contributed by atoms with Crippen molar-refractivity contribution in [2.24, 2.45) is 0 Å². The number of imidazole rings is 1. The normalized spacial score (nSPS) is 36.6. The number of hydrogen-bond donors (Lipinski definition) is 10. The van der Waals surface area contributed by atoms with Crippen molar-refractivity contribution in [3.05, 3.63) is 16.7 Å². The number of aromatic nitrogens is 4. The smallest absolute Gasteiger partial charge is 0.394 e. The van der Waals surface area contributed by atoms with E-state index >= 15 is 0 Å². The number of nitrogens with two attached hydrogens (primary N) is 1. The van der Waals surface area contributed by atoms with Crippen LogP contribution in [0.3, 0.4) is 0 Å². The lowest BCUT2D eigenvalue weighted by atomic mass is 10.00. The van der Waals surface area contributed by atoms with Crippen molar-refractivity contribution in [3.63, 3.8) is 0 Å². The van der Waals surface area contributed by atoms with E-state index in [4.69, 9.17) is 20.3 Å². The third kappa shape index (κ3) is 6.22. The first-order valence-corrected chi connectivity index (χ1v) is 13.9. The van der Waals surface area contributed by atoms with Gasteiger partial charge in [0.2, 0.25) is 5.95 Å². The largest absolute Gasteiger partial charge is 0.483 e. The summed E-state index contributed by atoms with van der Waals surface area (Å²) < 4.78 is 49.1. The van der Waals surface area contributed by atoms with Crippen LogP contribution in [0.1, 0.15) is 6.23 Å². The quantitative estimate of drug-likeness (QED) is 0.120. The summed E-state index contributed by atoms with van der Waals surface area (Å²) in [6.45, 7) is -1.89. The molecular weight excluding hydrogens is 580 g/mol. The van der Waals surface area contributed by atoms with E-state index in [1.54, 1.807) is 0 Å². The van der Waals surface area contributed by atoms with Gasteiger partial charge in [-0.1, -0.05) is 0 Å². The first-order chi connectivity index (χ1) is 18.1. The number of anilines is 1. The maximum Gasteiger partial charge on any atom is 0.483 e. The number of aliphatic hydroxyl groups excluding tert-OH is 6. The number of nitrogens with zero attached hydrogens (tertiary/aromatic N) is 3. The van der Waals surface area contributed by atoms with E-state index in [-0.39, 0.29) is 17.1 Å². The molecule has 0 spiro atoms. The molecule has 4 rings (SSSR count). The molecule has 0 bridgehead atoms. The minimum atomic E-state index is -5.60. The summed E-state index contributed by atoms with van der Waals surface area (Å²) in [6.07, 6.45) is -15.0. The molecule has 11 N–H and O–H groups in total. The lowest BCUT2D eigenvalue weighted by Gasteiger charge is -2.39. The number of rotatable bonds is 9. The summed E-state index contributed by atoms with van der Waals surface area (Å²) >= 11 is 0. The molecular formula is C16H25N5O16P2. The van der Waals surface area contributed by atoms with Crippen molar-refractivity contribution in [2.75, 3.05) is 18.9 Å². The Kier molecular flexibility index (Phi) is 8.60. The first kappa shape index (κ1) is 30.1. The van der Waals surface area contributed by atoms with Crippen LogP contribution in [0.2, 0.25) is 0 Å². The molecule has 0 aliphatic carbocycles. The van der Waals surface area contributed by atoms with Crippen LogP contribution in [0.5, 0.6) is 0 Å². The van der Waals surface area contributed by atoms with Gasteiger partial charge in [-0.2, -0.15) is 9.29 Å². The van der Waals surface area contributed by atoms with E-state index in [2.05, 4.69) is 28.3 Å². The van der Waals surface area contributed by atoms with Crippen LogP contribution in [0.25, 0.3) is 11.2 Å². The number of aliphatic hydroxyl groups is 6. The van der Waals surface area contributed by atoms with E-state index in [0.29, 0.717) is 0 Å². The van der Waals surface area contributed by atoms with Crippen LogP contribution in [-0.4, -0.2) is 122 Å². The Hall–Kier alpha value is -1.91. The maximum absolute atomic E-state index is 12.3. The monoisotopic (exact) mass is 605 g/mol. The number of phosphoric acid groups is 2. The Labute approximate surface area is 216 Å². The highest BCUT2D eigenvalue weighted by atomic mass is 31.3. The van der Waals surface area contributed by atoms with Crippen LogP contribution < -0.4 is 11.3 Å². The predicted molar refractivity (Wildman–Crippen MR) is 120 cm³/mol. The second-order valence-corrected chi connectivity index (χ2v) is 11.4. The van der Waals surface area contributed by atoms with Crippen molar-refractivity contribution >= 4 is 32.8 Å². The van der Waals surface area contributed by atoms with E-state index in [0.717, 1.165) is 10.9 Å². The topological polar surface area (TPSA) is 332 Å².